The van der Waals surface area contributed by atoms with E-state index in [4.69, 9.17) is 23.8 Å². The number of carbonyl (C=O) groups excluding carboxylic acids is 1. The number of benzene rings is 3. The first kappa shape index (κ1) is 21.0. The number of thioether (sulfide) groups is 1. The third-order valence-corrected chi connectivity index (χ3v) is 7.17. The minimum absolute atomic E-state index is 0.110. The first-order valence-electron chi connectivity index (χ1n) is 10.2. The highest BCUT2D eigenvalue weighted by Crippen LogP contribution is 2.38. The monoisotopic (exact) mass is 474 g/mol. The molecular weight excluding hydrogens is 456 g/mol. The molecule has 1 aliphatic rings. The van der Waals surface area contributed by atoms with E-state index in [0.29, 0.717) is 14.2 Å². The second-order valence-corrected chi connectivity index (χ2v) is 9.69. The summed E-state index contributed by atoms with van der Waals surface area (Å²) < 4.78 is 2.82. The van der Waals surface area contributed by atoms with E-state index in [1.54, 1.807) is 17.0 Å². The molecule has 5 rings (SSSR count). The van der Waals surface area contributed by atoms with E-state index in [2.05, 4.69) is 47.9 Å². The van der Waals surface area contributed by atoms with Gasteiger partial charge in [0.1, 0.15) is 0 Å². The van der Waals surface area contributed by atoms with Crippen molar-refractivity contribution < 1.29 is 4.79 Å². The van der Waals surface area contributed by atoms with Gasteiger partial charge in [-0.05, 0) is 48.9 Å². The maximum Gasteiger partial charge on any atom is 0.270 e. The maximum atomic E-state index is 13.3. The van der Waals surface area contributed by atoms with Gasteiger partial charge in [-0.2, -0.15) is 0 Å². The number of amides is 1. The number of aromatic nitrogens is 1. The summed E-state index contributed by atoms with van der Waals surface area (Å²) in [6.07, 6.45) is 1.98. The Morgan fingerprint density at radius 2 is 1.66 bits per heavy atom. The van der Waals surface area contributed by atoms with E-state index in [0.717, 1.165) is 34.4 Å². The van der Waals surface area contributed by atoms with Crippen molar-refractivity contribution in [1.82, 2.24) is 4.57 Å². The van der Waals surface area contributed by atoms with E-state index in [9.17, 15) is 4.79 Å². The fraction of sp³-hybridized carbons (Fsp3) is 0.0769. The summed E-state index contributed by atoms with van der Waals surface area (Å²) in [5.41, 5.74) is 5.27. The minimum Gasteiger partial charge on any atom is -0.340 e. The van der Waals surface area contributed by atoms with Crippen LogP contribution in [0.4, 0.5) is 5.69 Å². The second-order valence-electron chi connectivity index (χ2n) is 7.58. The van der Waals surface area contributed by atoms with Crippen LogP contribution in [0.2, 0.25) is 5.02 Å². The molecule has 0 bridgehead atoms. The summed E-state index contributed by atoms with van der Waals surface area (Å²) >= 11 is 12.9. The van der Waals surface area contributed by atoms with Gasteiger partial charge in [0.2, 0.25) is 0 Å². The van der Waals surface area contributed by atoms with Crippen molar-refractivity contribution in [2.24, 2.45) is 0 Å². The van der Waals surface area contributed by atoms with E-state index in [1.807, 2.05) is 36.4 Å². The number of para-hydroxylation sites is 1. The zero-order chi connectivity index (χ0) is 22.2. The highest BCUT2D eigenvalue weighted by atomic mass is 35.5. The second kappa shape index (κ2) is 8.58. The van der Waals surface area contributed by atoms with Gasteiger partial charge in [-0.15, -0.1) is 0 Å². The van der Waals surface area contributed by atoms with E-state index in [1.165, 1.54) is 17.3 Å². The molecule has 0 unspecified atom stereocenters. The molecule has 2 heterocycles. The molecule has 0 aliphatic carbocycles. The lowest BCUT2D eigenvalue weighted by molar-refractivity contribution is -0.113. The molecule has 1 amide bonds. The van der Waals surface area contributed by atoms with Gasteiger partial charge >= 0.3 is 0 Å². The van der Waals surface area contributed by atoms with Gasteiger partial charge in [-0.25, -0.2) is 0 Å². The van der Waals surface area contributed by atoms with Crippen molar-refractivity contribution in [2.75, 3.05) is 4.90 Å². The average Bonchev–Trinajstić information content (AvgIpc) is 3.23. The molecule has 4 aromatic rings. The lowest BCUT2D eigenvalue weighted by Gasteiger charge is -2.14. The van der Waals surface area contributed by atoms with Gasteiger partial charge in [0, 0.05) is 33.7 Å². The van der Waals surface area contributed by atoms with Crippen LogP contribution in [0.3, 0.4) is 0 Å². The SMILES string of the molecule is Cc1c(/C=C2/SC(=S)N(c3ccc(Cl)cc3)C2=O)c2ccccc2n1Cc1ccccc1. The highest BCUT2D eigenvalue weighted by molar-refractivity contribution is 8.27. The van der Waals surface area contributed by atoms with Crippen LogP contribution < -0.4 is 4.90 Å². The number of hydrogen-bond donors (Lipinski definition) is 0. The lowest BCUT2D eigenvalue weighted by atomic mass is 10.1. The number of rotatable bonds is 4. The molecule has 0 spiro atoms. The fourth-order valence-corrected chi connectivity index (χ4v) is 5.43. The lowest BCUT2D eigenvalue weighted by Crippen LogP contribution is -2.27. The summed E-state index contributed by atoms with van der Waals surface area (Å²) in [7, 11) is 0. The molecule has 0 saturated carbocycles. The molecule has 3 nitrogen and oxygen atoms in total. The zero-order valence-electron chi connectivity index (χ0n) is 17.3. The predicted molar refractivity (Wildman–Crippen MR) is 139 cm³/mol. The topological polar surface area (TPSA) is 25.2 Å². The summed E-state index contributed by atoms with van der Waals surface area (Å²) in [6.45, 7) is 2.88. The summed E-state index contributed by atoms with van der Waals surface area (Å²) in [6, 6.07) is 25.9. The number of halogens is 1. The van der Waals surface area contributed by atoms with Crippen LogP contribution in [0, 0.1) is 6.92 Å². The molecule has 3 aromatic carbocycles. The summed E-state index contributed by atoms with van der Waals surface area (Å²) in [4.78, 5) is 15.5. The van der Waals surface area contributed by atoms with Gasteiger partial charge in [-0.3, -0.25) is 9.69 Å². The Bertz CT molecular complexity index is 1370. The number of fused-ring (bicyclic) bond motifs is 1. The van der Waals surface area contributed by atoms with Crippen molar-refractivity contribution in [1.29, 1.82) is 0 Å². The van der Waals surface area contributed by atoms with E-state index in [-0.39, 0.29) is 5.91 Å². The molecule has 1 aromatic heterocycles. The quantitative estimate of drug-likeness (QED) is 0.234. The largest absolute Gasteiger partial charge is 0.340 e. The minimum atomic E-state index is -0.110. The van der Waals surface area contributed by atoms with Gasteiger partial charge < -0.3 is 4.57 Å². The molecule has 158 valence electrons. The van der Waals surface area contributed by atoms with Crippen molar-refractivity contribution in [2.45, 2.75) is 13.5 Å². The van der Waals surface area contributed by atoms with Crippen LogP contribution in [0.5, 0.6) is 0 Å². The predicted octanol–water partition coefficient (Wildman–Crippen LogP) is 7.06. The normalized spacial score (nSPS) is 15.3. The van der Waals surface area contributed by atoms with Crippen molar-refractivity contribution in [3.8, 4) is 0 Å². The van der Waals surface area contributed by atoms with Crippen LogP contribution in [0.1, 0.15) is 16.8 Å². The number of carbonyl (C=O) groups is 1. The summed E-state index contributed by atoms with van der Waals surface area (Å²) in [5.74, 6) is -0.110. The van der Waals surface area contributed by atoms with Crippen LogP contribution in [-0.2, 0) is 11.3 Å². The summed E-state index contributed by atoms with van der Waals surface area (Å²) in [5, 5.41) is 1.74. The van der Waals surface area contributed by atoms with Crippen molar-refractivity contribution in [3.05, 3.63) is 106 Å². The molecule has 32 heavy (non-hydrogen) atoms. The highest BCUT2D eigenvalue weighted by Gasteiger charge is 2.33. The third-order valence-electron chi connectivity index (χ3n) is 5.62. The average molecular weight is 475 g/mol. The first-order chi connectivity index (χ1) is 15.5. The molecule has 0 N–H and O–H groups in total. The fourth-order valence-electron chi connectivity index (χ4n) is 4.02. The Labute approximate surface area is 201 Å². The maximum absolute atomic E-state index is 13.3. The molecule has 1 aliphatic heterocycles. The Morgan fingerprint density at radius 3 is 2.41 bits per heavy atom. The van der Waals surface area contributed by atoms with E-state index >= 15 is 0 Å². The van der Waals surface area contributed by atoms with Gasteiger partial charge in [0.25, 0.3) is 5.91 Å². The van der Waals surface area contributed by atoms with Crippen molar-refractivity contribution in [3.63, 3.8) is 0 Å². The molecule has 6 heteroatoms. The Kier molecular flexibility index (Phi) is 5.64. The van der Waals surface area contributed by atoms with Gasteiger partial charge in [0.05, 0.1) is 10.6 Å². The number of nitrogens with zero attached hydrogens (tertiary/aromatic N) is 2. The third kappa shape index (κ3) is 3.77. The molecule has 1 fully saturated rings. The van der Waals surface area contributed by atoms with Crippen LogP contribution >= 0.6 is 35.6 Å². The van der Waals surface area contributed by atoms with Gasteiger partial charge in [-0.1, -0.05) is 84.1 Å². The number of thiocarbonyl (C=S) groups is 1. The van der Waals surface area contributed by atoms with Crippen molar-refractivity contribution >= 4 is 68.5 Å². The molecule has 1 saturated heterocycles. The van der Waals surface area contributed by atoms with Crippen LogP contribution in [0.15, 0.2) is 83.8 Å². The smallest absolute Gasteiger partial charge is 0.270 e. The Hall–Kier alpha value is -2.86. The number of anilines is 1. The molecule has 0 atom stereocenters. The van der Waals surface area contributed by atoms with Gasteiger partial charge in [0.15, 0.2) is 4.32 Å². The standard InChI is InChI=1S/C26H19ClN2OS2/c1-17-22(15-24-25(30)29(26(31)32-24)20-13-11-19(27)12-14-20)21-9-5-6-10-23(21)28(17)16-18-7-3-2-4-8-18/h2-15H,16H2,1H3/b24-15+. The molecule has 0 radical (unpaired) electrons. The zero-order valence-corrected chi connectivity index (χ0v) is 19.7. The molecular formula is C26H19ClN2OS2. The first-order valence-corrected chi connectivity index (χ1v) is 11.8. The van der Waals surface area contributed by atoms with Crippen LogP contribution in [0.25, 0.3) is 17.0 Å². The Morgan fingerprint density at radius 1 is 0.969 bits per heavy atom. The Balaban J connectivity index is 1.57. The van der Waals surface area contributed by atoms with E-state index < -0.39 is 0 Å². The van der Waals surface area contributed by atoms with Crippen LogP contribution in [-0.4, -0.2) is 14.8 Å². The number of hydrogen-bond acceptors (Lipinski definition) is 3.